The molecule has 0 aliphatic heterocycles. The number of aromatic nitrogens is 2. The maximum absolute atomic E-state index is 11.7. The molecular weight excluding hydrogens is 224 g/mol. The molecule has 0 fully saturated rings. The Morgan fingerprint density at radius 3 is 2.47 bits per heavy atom. The van der Waals surface area contributed by atoms with Crippen molar-refractivity contribution >= 4 is 12.1 Å². The summed E-state index contributed by atoms with van der Waals surface area (Å²) in [6.45, 7) is 1.91. The minimum Gasteiger partial charge on any atom is -0.465 e. The predicted octanol–water partition coefficient (Wildman–Crippen LogP) is 0.831. The highest BCUT2D eigenvalue weighted by atomic mass is 16.4. The third-order valence-corrected chi connectivity index (χ3v) is 2.23. The number of carboxylic acid groups (broad SMARTS) is 1. The van der Waals surface area contributed by atoms with Crippen molar-refractivity contribution in [1.82, 2.24) is 19.6 Å². The second-order valence-electron chi connectivity index (χ2n) is 4.00. The lowest BCUT2D eigenvalue weighted by Gasteiger charge is -2.11. The summed E-state index contributed by atoms with van der Waals surface area (Å²) in [5, 5.41) is 12.8. The van der Waals surface area contributed by atoms with Crippen molar-refractivity contribution in [2.24, 2.45) is 0 Å². The van der Waals surface area contributed by atoms with Crippen molar-refractivity contribution in [1.29, 1.82) is 0 Å². The van der Waals surface area contributed by atoms with Gasteiger partial charge >= 0.3 is 12.1 Å². The molecule has 1 heterocycles. The molecule has 0 spiro atoms. The van der Waals surface area contributed by atoms with Crippen LogP contribution in [0.2, 0.25) is 0 Å². The van der Waals surface area contributed by atoms with Crippen molar-refractivity contribution in [2.45, 2.75) is 13.5 Å². The van der Waals surface area contributed by atoms with E-state index in [0.717, 1.165) is 4.90 Å². The summed E-state index contributed by atoms with van der Waals surface area (Å²) >= 11 is 0. The first-order chi connectivity index (χ1) is 7.82. The average molecular weight is 240 g/mol. The van der Waals surface area contributed by atoms with Gasteiger partial charge in [0.05, 0.1) is 12.2 Å². The van der Waals surface area contributed by atoms with Gasteiger partial charge in [0.15, 0.2) is 0 Å². The molecule has 0 saturated carbocycles. The number of carbonyl (C=O) groups excluding carboxylic acids is 1. The van der Waals surface area contributed by atoms with Crippen LogP contribution < -0.4 is 0 Å². The van der Waals surface area contributed by atoms with E-state index in [4.69, 9.17) is 5.11 Å². The van der Waals surface area contributed by atoms with Crippen LogP contribution in [-0.2, 0) is 6.54 Å². The molecule has 1 aromatic rings. The van der Waals surface area contributed by atoms with Gasteiger partial charge in [-0.05, 0) is 13.0 Å². The highest BCUT2D eigenvalue weighted by molar-refractivity contribution is 5.76. The molecule has 0 atom stereocenters. The Kier molecular flexibility index (Phi) is 3.72. The molecule has 7 heteroatoms. The fraction of sp³-hybridized carbons (Fsp3) is 0.500. The Labute approximate surface area is 99.2 Å². The number of rotatable bonds is 2. The van der Waals surface area contributed by atoms with Crippen molar-refractivity contribution in [3.8, 4) is 0 Å². The summed E-state index contributed by atoms with van der Waals surface area (Å²) in [6, 6.07) is 1.44. The fourth-order valence-corrected chi connectivity index (χ4v) is 1.31. The SMILES string of the molecule is Cc1cc(CN(C)C(=O)O)nn1C(=O)N(C)C. The molecule has 2 amide bonds. The highest BCUT2D eigenvalue weighted by Gasteiger charge is 2.15. The van der Waals surface area contributed by atoms with E-state index in [2.05, 4.69) is 5.10 Å². The van der Waals surface area contributed by atoms with Gasteiger partial charge in [0.2, 0.25) is 0 Å². The molecule has 0 saturated heterocycles. The van der Waals surface area contributed by atoms with Crippen LogP contribution in [0.5, 0.6) is 0 Å². The van der Waals surface area contributed by atoms with Crippen LogP contribution in [0.25, 0.3) is 0 Å². The van der Waals surface area contributed by atoms with E-state index in [1.54, 1.807) is 27.1 Å². The molecule has 1 aromatic heterocycles. The van der Waals surface area contributed by atoms with Gasteiger partial charge in [-0.1, -0.05) is 0 Å². The summed E-state index contributed by atoms with van der Waals surface area (Å²) in [5.74, 6) is 0. The molecule has 17 heavy (non-hydrogen) atoms. The fourth-order valence-electron chi connectivity index (χ4n) is 1.31. The van der Waals surface area contributed by atoms with Crippen LogP contribution in [0.1, 0.15) is 11.4 Å². The summed E-state index contributed by atoms with van der Waals surface area (Å²) in [7, 11) is 4.71. The third-order valence-electron chi connectivity index (χ3n) is 2.23. The van der Waals surface area contributed by atoms with Crippen LogP contribution in [0.15, 0.2) is 6.07 Å². The van der Waals surface area contributed by atoms with Gasteiger partial charge in [0.25, 0.3) is 0 Å². The van der Waals surface area contributed by atoms with Crippen LogP contribution in [-0.4, -0.2) is 58.0 Å². The third kappa shape index (κ3) is 2.96. The molecule has 1 rings (SSSR count). The summed E-state index contributed by atoms with van der Waals surface area (Å²) < 4.78 is 1.25. The van der Waals surface area contributed by atoms with E-state index in [0.29, 0.717) is 11.4 Å². The molecule has 0 aliphatic rings. The first-order valence-corrected chi connectivity index (χ1v) is 5.04. The minimum atomic E-state index is -1.03. The number of aryl methyl sites for hydroxylation is 1. The maximum Gasteiger partial charge on any atom is 0.407 e. The first-order valence-electron chi connectivity index (χ1n) is 5.04. The molecule has 94 valence electrons. The molecule has 0 unspecified atom stereocenters. The number of amides is 2. The zero-order chi connectivity index (χ0) is 13.2. The van der Waals surface area contributed by atoms with Crippen LogP contribution in [0.4, 0.5) is 9.59 Å². The topological polar surface area (TPSA) is 78.7 Å². The van der Waals surface area contributed by atoms with E-state index in [1.807, 2.05) is 0 Å². The smallest absolute Gasteiger partial charge is 0.407 e. The quantitative estimate of drug-likeness (QED) is 0.830. The van der Waals surface area contributed by atoms with Gasteiger partial charge in [0, 0.05) is 26.8 Å². The van der Waals surface area contributed by atoms with Crippen molar-refractivity contribution in [2.75, 3.05) is 21.1 Å². The monoisotopic (exact) mass is 240 g/mol. The molecule has 0 aliphatic carbocycles. The lowest BCUT2D eigenvalue weighted by Crippen LogP contribution is -2.29. The normalized spacial score (nSPS) is 10.1. The van der Waals surface area contributed by atoms with Crippen LogP contribution >= 0.6 is 0 Å². The Hall–Kier alpha value is -2.05. The Morgan fingerprint density at radius 2 is 2.00 bits per heavy atom. The maximum atomic E-state index is 11.7. The van der Waals surface area contributed by atoms with E-state index < -0.39 is 6.09 Å². The van der Waals surface area contributed by atoms with Crippen molar-refractivity contribution < 1.29 is 14.7 Å². The Balaban J connectivity index is 2.89. The lowest BCUT2D eigenvalue weighted by molar-refractivity contribution is 0.153. The van der Waals surface area contributed by atoms with Gasteiger partial charge in [0.1, 0.15) is 0 Å². The molecule has 0 aromatic carbocycles. The van der Waals surface area contributed by atoms with E-state index in [1.165, 1.54) is 16.6 Å². The van der Waals surface area contributed by atoms with Crippen molar-refractivity contribution in [3.63, 3.8) is 0 Å². The van der Waals surface area contributed by atoms with Crippen LogP contribution in [0, 0.1) is 6.92 Å². The molecule has 7 nitrogen and oxygen atoms in total. The first kappa shape index (κ1) is 13.0. The molecule has 0 bridgehead atoms. The van der Waals surface area contributed by atoms with Crippen molar-refractivity contribution in [3.05, 3.63) is 17.5 Å². The van der Waals surface area contributed by atoms with Gasteiger partial charge < -0.3 is 14.9 Å². The average Bonchev–Trinajstić information content (AvgIpc) is 2.57. The predicted molar refractivity (Wildman–Crippen MR) is 60.9 cm³/mol. The standard InChI is InChI=1S/C10H16N4O3/c1-7-5-8(6-13(4)10(16)17)11-14(7)9(15)12(2)3/h5H,6H2,1-4H3,(H,16,17). The summed E-state index contributed by atoms with van der Waals surface area (Å²) in [5.41, 5.74) is 1.22. The number of nitrogens with zero attached hydrogens (tertiary/aromatic N) is 4. The zero-order valence-corrected chi connectivity index (χ0v) is 10.3. The number of hydrogen-bond donors (Lipinski definition) is 1. The Morgan fingerprint density at radius 1 is 1.41 bits per heavy atom. The van der Waals surface area contributed by atoms with E-state index >= 15 is 0 Å². The minimum absolute atomic E-state index is 0.157. The molecular formula is C10H16N4O3. The van der Waals surface area contributed by atoms with E-state index in [-0.39, 0.29) is 12.6 Å². The van der Waals surface area contributed by atoms with Crippen LogP contribution in [0.3, 0.4) is 0 Å². The second-order valence-corrected chi connectivity index (χ2v) is 4.00. The zero-order valence-electron chi connectivity index (χ0n) is 10.3. The second kappa shape index (κ2) is 4.86. The van der Waals surface area contributed by atoms with Gasteiger partial charge in [-0.15, -0.1) is 0 Å². The summed E-state index contributed by atoms with van der Waals surface area (Å²) in [6.07, 6.45) is -1.03. The number of carbonyl (C=O) groups is 2. The van der Waals surface area contributed by atoms with Gasteiger partial charge in [-0.25, -0.2) is 9.59 Å². The van der Waals surface area contributed by atoms with Gasteiger partial charge in [-0.3, -0.25) is 0 Å². The number of hydrogen-bond acceptors (Lipinski definition) is 3. The summed E-state index contributed by atoms with van der Waals surface area (Å²) in [4.78, 5) is 24.9. The lowest BCUT2D eigenvalue weighted by atomic mass is 10.3. The molecule has 0 radical (unpaired) electrons. The van der Waals surface area contributed by atoms with E-state index in [9.17, 15) is 9.59 Å². The Bertz CT molecular complexity index is 439. The largest absolute Gasteiger partial charge is 0.465 e. The van der Waals surface area contributed by atoms with Gasteiger partial charge in [-0.2, -0.15) is 9.78 Å². The highest BCUT2D eigenvalue weighted by Crippen LogP contribution is 2.06. The molecule has 1 N–H and O–H groups in total.